The normalized spacial score (nSPS) is 15.0. The summed E-state index contributed by atoms with van der Waals surface area (Å²) in [6, 6.07) is 8.28. The molecule has 1 aliphatic rings. The molecule has 0 spiro atoms. The minimum Gasteiger partial charge on any atom is -0.350 e. The van der Waals surface area contributed by atoms with Crippen LogP contribution in [0.25, 0.3) is 0 Å². The van der Waals surface area contributed by atoms with Crippen LogP contribution in [0, 0.1) is 12.7 Å². The smallest absolute Gasteiger partial charge is 0.270 e. The second-order valence-electron chi connectivity index (χ2n) is 6.71. The molecule has 3 rings (SSSR count). The lowest BCUT2D eigenvalue weighted by Gasteiger charge is -2.34. The van der Waals surface area contributed by atoms with Crippen LogP contribution in [-0.2, 0) is 6.42 Å². The molecule has 2 heterocycles. The van der Waals surface area contributed by atoms with E-state index in [0.717, 1.165) is 38.4 Å². The van der Waals surface area contributed by atoms with Crippen LogP contribution in [-0.4, -0.2) is 60.0 Å². The Morgan fingerprint density at radius 1 is 1.19 bits per heavy atom. The highest BCUT2D eigenvalue weighted by molar-refractivity contribution is 5.92. The molecule has 6 nitrogen and oxygen atoms in total. The zero-order valence-corrected chi connectivity index (χ0v) is 15.9. The topological polar surface area (TPSA) is 61.4 Å². The third kappa shape index (κ3) is 5.01. The van der Waals surface area contributed by atoms with Gasteiger partial charge in [-0.25, -0.2) is 14.4 Å². The summed E-state index contributed by atoms with van der Waals surface area (Å²) in [5, 5.41) is 2.83. The van der Waals surface area contributed by atoms with Gasteiger partial charge >= 0.3 is 0 Å². The van der Waals surface area contributed by atoms with E-state index < -0.39 is 0 Å². The van der Waals surface area contributed by atoms with Gasteiger partial charge in [-0.3, -0.25) is 4.79 Å². The second kappa shape index (κ2) is 8.90. The minimum absolute atomic E-state index is 0.252. The third-order valence-electron chi connectivity index (χ3n) is 4.82. The summed E-state index contributed by atoms with van der Waals surface area (Å²) in [6.45, 7) is 9.06. The molecule has 1 aromatic carbocycles. The van der Waals surface area contributed by atoms with E-state index in [1.54, 1.807) is 24.3 Å². The van der Waals surface area contributed by atoms with Crippen molar-refractivity contribution in [1.82, 2.24) is 20.2 Å². The number of aryl methyl sites for hydroxylation is 1. The number of nitrogens with one attached hydrogen (secondary N) is 1. The van der Waals surface area contributed by atoms with Crippen LogP contribution in [0.15, 0.2) is 30.3 Å². The van der Waals surface area contributed by atoms with Gasteiger partial charge in [0.2, 0.25) is 5.95 Å². The Kier molecular flexibility index (Phi) is 6.34. The Morgan fingerprint density at radius 2 is 1.93 bits per heavy atom. The number of aromatic nitrogens is 2. The van der Waals surface area contributed by atoms with Gasteiger partial charge in [-0.15, -0.1) is 0 Å². The van der Waals surface area contributed by atoms with Gasteiger partial charge in [0.1, 0.15) is 11.5 Å². The Balaban J connectivity index is 1.61. The number of hydrogen-bond donors (Lipinski definition) is 1. The molecule has 0 aliphatic carbocycles. The van der Waals surface area contributed by atoms with E-state index in [-0.39, 0.29) is 11.7 Å². The molecule has 1 aliphatic heterocycles. The SMILES string of the molecule is CCN1CCN(c2nc(C)cc(C(=O)NCCc3ccccc3F)n2)CC1. The van der Waals surface area contributed by atoms with Crippen molar-refractivity contribution in [2.45, 2.75) is 20.3 Å². The van der Waals surface area contributed by atoms with Gasteiger partial charge in [0.05, 0.1) is 0 Å². The number of anilines is 1. The van der Waals surface area contributed by atoms with E-state index in [1.807, 2.05) is 6.92 Å². The number of carbonyl (C=O) groups is 1. The number of rotatable bonds is 6. The first kappa shape index (κ1) is 19.2. The maximum Gasteiger partial charge on any atom is 0.270 e. The van der Waals surface area contributed by atoms with E-state index >= 15 is 0 Å². The highest BCUT2D eigenvalue weighted by Crippen LogP contribution is 2.13. The van der Waals surface area contributed by atoms with Gasteiger partial charge in [-0.2, -0.15) is 0 Å². The third-order valence-corrected chi connectivity index (χ3v) is 4.82. The van der Waals surface area contributed by atoms with E-state index in [9.17, 15) is 9.18 Å². The summed E-state index contributed by atoms with van der Waals surface area (Å²) in [5.41, 5.74) is 1.70. The minimum atomic E-state index is -0.259. The van der Waals surface area contributed by atoms with Crippen LogP contribution in [0.2, 0.25) is 0 Å². The maximum absolute atomic E-state index is 13.7. The summed E-state index contributed by atoms with van der Waals surface area (Å²) in [6.07, 6.45) is 0.439. The number of amides is 1. The maximum atomic E-state index is 13.7. The van der Waals surface area contributed by atoms with Crippen LogP contribution < -0.4 is 10.2 Å². The predicted octanol–water partition coefficient (Wildman–Crippen LogP) is 2.04. The number of nitrogens with zero attached hydrogens (tertiary/aromatic N) is 4. The fraction of sp³-hybridized carbons (Fsp3) is 0.450. The van der Waals surface area contributed by atoms with Crippen molar-refractivity contribution in [3.05, 3.63) is 53.1 Å². The summed E-state index contributed by atoms with van der Waals surface area (Å²) in [5.74, 6) is 0.0911. The van der Waals surface area contributed by atoms with Crippen LogP contribution in [0.5, 0.6) is 0 Å². The molecule has 0 saturated carbocycles. The van der Waals surface area contributed by atoms with Crippen LogP contribution in [0.3, 0.4) is 0 Å². The number of hydrogen-bond acceptors (Lipinski definition) is 5. The number of halogens is 1. The number of piperazine rings is 1. The van der Waals surface area contributed by atoms with Crippen molar-refractivity contribution in [3.63, 3.8) is 0 Å². The Morgan fingerprint density at radius 3 is 2.63 bits per heavy atom. The van der Waals surface area contributed by atoms with E-state index in [1.165, 1.54) is 6.07 Å². The van der Waals surface area contributed by atoms with Crippen LogP contribution in [0.1, 0.15) is 28.7 Å². The van der Waals surface area contributed by atoms with Gasteiger partial charge in [0, 0.05) is 38.4 Å². The lowest BCUT2D eigenvalue weighted by atomic mass is 10.1. The predicted molar refractivity (Wildman–Crippen MR) is 104 cm³/mol. The van der Waals surface area contributed by atoms with Crippen molar-refractivity contribution >= 4 is 11.9 Å². The van der Waals surface area contributed by atoms with E-state index in [2.05, 4.69) is 32.0 Å². The van der Waals surface area contributed by atoms with Crippen molar-refractivity contribution in [1.29, 1.82) is 0 Å². The Labute approximate surface area is 159 Å². The zero-order valence-electron chi connectivity index (χ0n) is 15.9. The Hall–Kier alpha value is -2.54. The molecule has 7 heteroatoms. The van der Waals surface area contributed by atoms with Crippen molar-refractivity contribution in [2.24, 2.45) is 0 Å². The van der Waals surface area contributed by atoms with Gasteiger partial charge in [0.15, 0.2) is 0 Å². The second-order valence-corrected chi connectivity index (χ2v) is 6.71. The van der Waals surface area contributed by atoms with E-state index in [4.69, 9.17) is 0 Å². The summed E-state index contributed by atoms with van der Waals surface area (Å²) < 4.78 is 13.7. The molecular formula is C20H26FN5O. The van der Waals surface area contributed by atoms with Gasteiger partial charge in [-0.05, 0) is 37.6 Å². The monoisotopic (exact) mass is 371 g/mol. The molecule has 1 amide bonds. The molecule has 1 aromatic heterocycles. The first-order chi connectivity index (χ1) is 13.1. The van der Waals surface area contributed by atoms with Gasteiger partial charge in [0.25, 0.3) is 5.91 Å². The first-order valence-electron chi connectivity index (χ1n) is 9.41. The highest BCUT2D eigenvalue weighted by Gasteiger charge is 2.20. The molecule has 1 N–H and O–H groups in total. The lowest BCUT2D eigenvalue weighted by molar-refractivity contribution is 0.0948. The Bertz CT molecular complexity index is 790. The fourth-order valence-corrected chi connectivity index (χ4v) is 3.18. The quantitative estimate of drug-likeness (QED) is 0.842. The fourth-order valence-electron chi connectivity index (χ4n) is 3.18. The molecule has 0 atom stereocenters. The molecule has 0 radical (unpaired) electrons. The molecule has 2 aromatic rings. The summed E-state index contributed by atoms with van der Waals surface area (Å²) in [4.78, 5) is 25.9. The average Bonchev–Trinajstić information content (AvgIpc) is 2.69. The van der Waals surface area contributed by atoms with Crippen molar-refractivity contribution in [3.8, 4) is 0 Å². The highest BCUT2D eigenvalue weighted by atomic mass is 19.1. The standard InChI is InChI=1S/C20H26FN5O/c1-3-25-10-12-26(13-11-25)20-23-15(2)14-18(24-20)19(27)22-9-8-16-6-4-5-7-17(16)21/h4-7,14H,3,8-13H2,1-2H3,(H,22,27). The van der Waals surface area contributed by atoms with E-state index in [0.29, 0.717) is 30.2 Å². The zero-order chi connectivity index (χ0) is 19.2. The van der Waals surface area contributed by atoms with Gasteiger partial charge in [-0.1, -0.05) is 25.1 Å². The molecule has 144 valence electrons. The average molecular weight is 371 g/mol. The summed E-state index contributed by atoms with van der Waals surface area (Å²) >= 11 is 0. The largest absolute Gasteiger partial charge is 0.350 e. The van der Waals surface area contributed by atoms with Crippen LogP contribution >= 0.6 is 0 Å². The van der Waals surface area contributed by atoms with Crippen LogP contribution in [0.4, 0.5) is 10.3 Å². The van der Waals surface area contributed by atoms with Gasteiger partial charge < -0.3 is 15.1 Å². The number of carbonyl (C=O) groups excluding carboxylic acids is 1. The molecule has 27 heavy (non-hydrogen) atoms. The molecular weight excluding hydrogens is 345 g/mol. The summed E-state index contributed by atoms with van der Waals surface area (Å²) in [7, 11) is 0. The number of likely N-dealkylation sites (N-methyl/N-ethyl adjacent to an activating group) is 1. The molecule has 0 bridgehead atoms. The molecule has 0 unspecified atom stereocenters. The lowest BCUT2D eigenvalue weighted by Crippen LogP contribution is -2.47. The molecule has 1 saturated heterocycles. The molecule has 1 fully saturated rings. The first-order valence-corrected chi connectivity index (χ1v) is 9.41. The van der Waals surface area contributed by atoms with Crippen molar-refractivity contribution < 1.29 is 9.18 Å². The van der Waals surface area contributed by atoms with Crippen molar-refractivity contribution in [2.75, 3.05) is 44.2 Å². The number of benzene rings is 1.